The minimum absolute atomic E-state index is 0.907. The molecule has 0 saturated carbocycles. The van der Waals surface area contributed by atoms with Crippen LogP contribution in [-0.4, -0.2) is 4.57 Å². The zero-order valence-corrected chi connectivity index (χ0v) is 34.4. The third-order valence-electron chi connectivity index (χ3n) is 12.4. The first-order chi connectivity index (χ1) is 31.2. The number of benzene rings is 10. The minimum Gasteiger partial charge on any atom is -0.455 e. The number of furan rings is 1. The van der Waals surface area contributed by atoms with Gasteiger partial charge in [-0.3, -0.25) is 0 Å². The Kier molecular flexibility index (Phi) is 8.83. The van der Waals surface area contributed by atoms with Crippen molar-refractivity contribution in [3.63, 3.8) is 0 Å². The topological polar surface area (TPSA) is 21.3 Å². The predicted molar refractivity (Wildman–Crippen MR) is 264 cm³/mol. The number of anilines is 3. The summed E-state index contributed by atoms with van der Waals surface area (Å²) in [5.74, 6) is 0. The van der Waals surface area contributed by atoms with Crippen molar-refractivity contribution in [1.29, 1.82) is 0 Å². The molecule has 0 N–H and O–H groups in total. The Morgan fingerprint density at radius 2 is 0.810 bits per heavy atom. The van der Waals surface area contributed by atoms with Crippen molar-refractivity contribution >= 4 is 60.8 Å². The molecule has 0 aliphatic rings. The van der Waals surface area contributed by atoms with Gasteiger partial charge in [0.1, 0.15) is 11.2 Å². The molecule has 0 aliphatic carbocycles. The van der Waals surface area contributed by atoms with Crippen LogP contribution in [0.5, 0.6) is 0 Å². The van der Waals surface area contributed by atoms with Crippen molar-refractivity contribution in [3.8, 4) is 50.2 Å². The molecule has 0 fully saturated rings. The SMILES string of the molecule is c1ccc(-c2cc(-c3ccccc3)cc(-n3c4ccccc4c4cc(-c5ccc(N(c6ccccc6)c6ccc(-c7cccc8c7oc7ccccc78)cc6)cc5)ccc43)c2)cc1. The Morgan fingerprint density at radius 3 is 1.49 bits per heavy atom. The summed E-state index contributed by atoms with van der Waals surface area (Å²) in [6.07, 6.45) is 0. The number of rotatable bonds is 8. The number of fused-ring (bicyclic) bond motifs is 6. The molecule has 0 bridgehead atoms. The highest BCUT2D eigenvalue weighted by Crippen LogP contribution is 2.41. The van der Waals surface area contributed by atoms with Crippen LogP contribution in [0.1, 0.15) is 0 Å². The third-order valence-corrected chi connectivity index (χ3v) is 12.4. The van der Waals surface area contributed by atoms with Gasteiger partial charge in [0.05, 0.1) is 11.0 Å². The first kappa shape index (κ1) is 36.5. The van der Waals surface area contributed by atoms with E-state index in [4.69, 9.17) is 4.42 Å². The summed E-state index contributed by atoms with van der Waals surface area (Å²) >= 11 is 0. The van der Waals surface area contributed by atoms with Gasteiger partial charge in [-0.15, -0.1) is 0 Å². The first-order valence-corrected chi connectivity index (χ1v) is 21.5. The van der Waals surface area contributed by atoms with Crippen LogP contribution >= 0.6 is 0 Å². The van der Waals surface area contributed by atoms with Gasteiger partial charge >= 0.3 is 0 Å². The van der Waals surface area contributed by atoms with Gasteiger partial charge in [-0.1, -0.05) is 164 Å². The Labute approximate surface area is 366 Å². The third kappa shape index (κ3) is 6.46. The first-order valence-electron chi connectivity index (χ1n) is 21.5. The fourth-order valence-electron chi connectivity index (χ4n) is 9.36. The highest BCUT2D eigenvalue weighted by molar-refractivity contribution is 6.11. The molecule has 0 spiro atoms. The van der Waals surface area contributed by atoms with E-state index in [1.54, 1.807) is 0 Å². The minimum atomic E-state index is 0.907. The van der Waals surface area contributed by atoms with Gasteiger partial charge in [0, 0.05) is 49.9 Å². The van der Waals surface area contributed by atoms with E-state index < -0.39 is 0 Å². The van der Waals surface area contributed by atoms with Crippen LogP contribution in [0, 0.1) is 0 Å². The van der Waals surface area contributed by atoms with Gasteiger partial charge < -0.3 is 13.9 Å². The molecular weight excluding hydrogens is 765 g/mol. The van der Waals surface area contributed by atoms with Crippen molar-refractivity contribution in [1.82, 2.24) is 4.57 Å². The summed E-state index contributed by atoms with van der Waals surface area (Å²) < 4.78 is 8.82. The lowest BCUT2D eigenvalue weighted by Gasteiger charge is -2.26. The van der Waals surface area contributed by atoms with E-state index >= 15 is 0 Å². The van der Waals surface area contributed by atoms with Crippen molar-refractivity contribution < 1.29 is 4.42 Å². The van der Waals surface area contributed by atoms with Gasteiger partial charge in [-0.05, 0) is 118 Å². The molecule has 2 aromatic heterocycles. The monoisotopic (exact) mass is 804 g/mol. The zero-order chi connectivity index (χ0) is 41.7. The van der Waals surface area contributed by atoms with Crippen molar-refractivity contribution in [3.05, 3.63) is 243 Å². The molecule has 0 radical (unpaired) electrons. The lowest BCUT2D eigenvalue weighted by molar-refractivity contribution is 0.670. The van der Waals surface area contributed by atoms with E-state index in [0.717, 1.165) is 61.4 Å². The Balaban J connectivity index is 0.918. The summed E-state index contributed by atoms with van der Waals surface area (Å²) in [5, 5.41) is 4.73. The van der Waals surface area contributed by atoms with E-state index in [9.17, 15) is 0 Å². The van der Waals surface area contributed by atoms with Crippen LogP contribution in [0.3, 0.4) is 0 Å². The summed E-state index contributed by atoms with van der Waals surface area (Å²) in [6, 6.07) is 87.1. The molecule has 3 heteroatoms. The van der Waals surface area contributed by atoms with Gasteiger partial charge in [0.2, 0.25) is 0 Å². The molecule has 0 aliphatic heterocycles. The van der Waals surface area contributed by atoms with Crippen LogP contribution in [0.2, 0.25) is 0 Å². The number of para-hydroxylation sites is 4. The van der Waals surface area contributed by atoms with Crippen LogP contribution in [0.15, 0.2) is 247 Å². The maximum Gasteiger partial charge on any atom is 0.143 e. The zero-order valence-electron chi connectivity index (χ0n) is 34.4. The standard InChI is InChI=1S/C60H40N2O/c1-4-15-41(16-5-1)46-37-47(42-17-6-2-7-18-42)39-51(38-46)62-57-25-12-10-21-53(57)56-40-45(31-36-58(56)62)43-27-32-49(33-28-43)61(48-19-8-3-9-20-48)50-34-29-44(30-35-50)52-23-14-24-55-54-22-11-13-26-59(54)63-60(52)55/h1-40H. The van der Waals surface area contributed by atoms with Crippen LogP contribution in [0.25, 0.3) is 93.9 Å². The summed E-state index contributed by atoms with van der Waals surface area (Å²) in [6.45, 7) is 0. The van der Waals surface area contributed by atoms with Gasteiger partial charge in [0.15, 0.2) is 0 Å². The second-order valence-corrected chi connectivity index (χ2v) is 16.1. The molecule has 10 aromatic carbocycles. The molecule has 12 rings (SSSR count). The van der Waals surface area contributed by atoms with E-state index in [-0.39, 0.29) is 0 Å². The molecule has 296 valence electrons. The number of hydrogen-bond donors (Lipinski definition) is 0. The van der Waals surface area contributed by atoms with Crippen molar-refractivity contribution in [2.75, 3.05) is 4.90 Å². The second-order valence-electron chi connectivity index (χ2n) is 16.1. The number of aromatic nitrogens is 1. The van der Waals surface area contributed by atoms with E-state index in [0.29, 0.717) is 0 Å². The molecular formula is C60H40N2O. The highest BCUT2D eigenvalue weighted by Gasteiger charge is 2.18. The smallest absolute Gasteiger partial charge is 0.143 e. The quantitative estimate of drug-likeness (QED) is 0.153. The average molecular weight is 805 g/mol. The maximum atomic E-state index is 6.40. The van der Waals surface area contributed by atoms with Gasteiger partial charge in [-0.25, -0.2) is 0 Å². The van der Waals surface area contributed by atoms with Gasteiger partial charge in [0.25, 0.3) is 0 Å². The lowest BCUT2D eigenvalue weighted by atomic mass is 9.98. The van der Waals surface area contributed by atoms with E-state index in [1.807, 2.05) is 12.1 Å². The van der Waals surface area contributed by atoms with E-state index in [2.05, 4.69) is 240 Å². The maximum absolute atomic E-state index is 6.40. The summed E-state index contributed by atoms with van der Waals surface area (Å²) in [7, 11) is 0. The fourth-order valence-corrected chi connectivity index (χ4v) is 9.36. The number of hydrogen-bond acceptors (Lipinski definition) is 2. The molecule has 0 atom stereocenters. The second kappa shape index (κ2) is 15.3. The Bertz CT molecular complexity index is 3530. The molecule has 0 amide bonds. The molecule has 0 unspecified atom stereocenters. The Hall–Kier alpha value is -8.40. The Morgan fingerprint density at radius 1 is 0.302 bits per heavy atom. The predicted octanol–water partition coefficient (Wildman–Crippen LogP) is 16.8. The molecule has 2 heterocycles. The molecule has 0 saturated heterocycles. The largest absolute Gasteiger partial charge is 0.455 e. The summed E-state index contributed by atoms with van der Waals surface area (Å²) in [5.41, 5.74) is 17.9. The van der Waals surface area contributed by atoms with Crippen LogP contribution in [-0.2, 0) is 0 Å². The summed E-state index contributed by atoms with van der Waals surface area (Å²) in [4.78, 5) is 2.32. The van der Waals surface area contributed by atoms with Crippen LogP contribution in [0.4, 0.5) is 17.1 Å². The number of nitrogens with zero attached hydrogens (tertiary/aromatic N) is 2. The van der Waals surface area contributed by atoms with Crippen LogP contribution < -0.4 is 4.90 Å². The molecule has 63 heavy (non-hydrogen) atoms. The highest BCUT2D eigenvalue weighted by atomic mass is 16.3. The van der Waals surface area contributed by atoms with Gasteiger partial charge in [-0.2, -0.15) is 0 Å². The lowest BCUT2D eigenvalue weighted by Crippen LogP contribution is -2.09. The van der Waals surface area contributed by atoms with E-state index in [1.165, 1.54) is 49.6 Å². The van der Waals surface area contributed by atoms with Crippen molar-refractivity contribution in [2.24, 2.45) is 0 Å². The van der Waals surface area contributed by atoms with Crippen molar-refractivity contribution in [2.45, 2.75) is 0 Å². The molecule has 3 nitrogen and oxygen atoms in total. The normalized spacial score (nSPS) is 11.5. The average Bonchev–Trinajstić information content (AvgIpc) is 3.91. The fraction of sp³-hybridized carbons (Fsp3) is 0. The molecule has 12 aromatic rings.